The summed E-state index contributed by atoms with van der Waals surface area (Å²) in [7, 11) is 1.53. The van der Waals surface area contributed by atoms with E-state index in [1.807, 2.05) is 32.9 Å². The monoisotopic (exact) mass is 250 g/mol. The van der Waals surface area contributed by atoms with Crippen LogP contribution in [0, 0.1) is 13.8 Å². The van der Waals surface area contributed by atoms with Crippen molar-refractivity contribution in [3.8, 4) is 0 Å². The molecule has 0 saturated carbocycles. The minimum atomic E-state index is -0.828. The Balaban J connectivity index is 2.98. The lowest BCUT2D eigenvalue weighted by Crippen LogP contribution is -2.41. The zero-order valence-electron chi connectivity index (χ0n) is 11.8. The van der Waals surface area contributed by atoms with Crippen LogP contribution >= 0.6 is 0 Å². The lowest BCUT2D eigenvalue weighted by atomic mass is 10.0. The smallest absolute Gasteiger partial charge is 0.256 e. The Morgan fingerprint density at radius 1 is 1.39 bits per heavy atom. The number of ether oxygens (including phenoxy) is 1. The minimum Gasteiger partial charge on any atom is -0.397 e. The average Bonchev–Trinajstić information content (AvgIpc) is 2.34. The maximum atomic E-state index is 12.2. The van der Waals surface area contributed by atoms with Crippen molar-refractivity contribution in [1.82, 2.24) is 0 Å². The molecule has 1 rings (SSSR count). The summed E-state index contributed by atoms with van der Waals surface area (Å²) >= 11 is 0. The van der Waals surface area contributed by atoms with E-state index in [2.05, 4.69) is 5.32 Å². The number of benzene rings is 1. The Hall–Kier alpha value is -1.55. The van der Waals surface area contributed by atoms with Gasteiger partial charge in [-0.1, -0.05) is 6.92 Å². The standard InChI is InChI=1S/C14H22N2O2/c1-6-14(4,18-5)13(17)16-12-8-10(3)9(2)7-11(12)15/h7-8H,6,15H2,1-5H3,(H,16,17). The Bertz CT molecular complexity index is 451. The second-order valence-electron chi connectivity index (χ2n) is 4.77. The first-order valence-corrected chi connectivity index (χ1v) is 6.07. The molecular formula is C14H22N2O2. The van der Waals surface area contributed by atoms with Gasteiger partial charge in [-0.2, -0.15) is 0 Å². The van der Waals surface area contributed by atoms with Crippen LogP contribution < -0.4 is 11.1 Å². The molecule has 100 valence electrons. The van der Waals surface area contributed by atoms with Gasteiger partial charge in [-0.15, -0.1) is 0 Å². The quantitative estimate of drug-likeness (QED) is 0.807. The number of hydrogen-bond donors (Lipinski definition) is 2. The first-order valence-electron chi connectivity index (χ1n) is 6.07. The lowest BCUT2D eigenvalue weighted by molar-refractivity contribution is -0.136. The molecule has 0 spiro atoms. The van der Waals surface area contributed by atoms with Crippen molar-refractivity contribution in [3.63, 3.8) is 0 Å². The topological polar surface area (TPSA) is 64.3 Å². The maximum Gasteiger partial charge on any atom is 0.256 e. The van der Waals surface area contributed by atoms with Crippen LogP contribution in [0.15, 0.2) is 12.1 Å². The van der Waals surface area contributed by atoms with Crippen molar-refractivity contribution in [2.24, 2.45) is 0 Å². The van der Waals surface area contributed by atoms with Crippen molar-refractivity contribution in [3.05, 3.63) is 23.3 Å². The molecule has 0 fully saturated rings. The fourth-order valence-electron chi connectivity index (χ4n) is 1.60. The summed E-state index contributed by atoms with van der Waals surface area (Å²) in [6.07, 6.45) is 0.597. The zero-order valence-corrected chi connectivity index (χ0v) is 11.8. The SMILES string of the molecule is CCC(C)(OC)C(=O)Nc1cc(C)c(C)cc1N. The van der Waals surface area contributed by atoms with Crippen LogP contribution in [0.1, 0.15) is 31.4 Å². The van der Waals surface area contributed by atoms with E-state index in [0.717, 1.165) is 11.1 Å². The summed E-state index contributed by atoms with van der Waals surface area (Å²) in [5.74, 6) is -0.178. The van der Waals surface area contributed by atoms with E-state index in [1.54, 1.807) is 6.92 Å². The molecule has 4 nitrogen and oxygen atoms in total. The molecule has 1 aromatic carbocycles. The normalized spacial score (nSPS) is 14.1. The van der Waals surface area contributed by atoms with Crippen LogP contribution in [0.4, 0.5) is 11.4 Å². The van der Waals surface area contributed by atoms with E-state index < -0.39 is 5.60 Å². The summed E-state index contributed by atoms with van der Waals surface area (Å²) in [5, 5.41) is 2.83. The Morgan fingerprint density at radius 3 is 2.44 bits per heavy atom. The molecule has 3 N–H and O–H groups in total. The van der Waals surface area contributed by atoms with Crippen LogP contribution in [0.3, 0.4) is 0 Å². The number of hydrogen-bond acceptors (Lipinski definition) is 3. The highest BCUT2D eigenvalue weighted by atomic mass is 16.5. The molecule has 0 radical (unpaired) electrons. The van der Waals surface area contributed by atoms with E-state index in [9.17, 15) is 4.79 Å². The van der Waals surface area contributed by atoms with Gasteiger partial charge in [0.05, 0.1) is 11.4 Å². The van der Waals surface area contributed by atoms with Gasteiger partial charge < -0.3 is 15.8 Å². The van der Waals surface area contributed by atoms with Gasteiger partial charge in [0.2, 0.25) is 0 Å². The highest BCUT2D eigenvalue weighted by Crippen LogP contribution is 2.25. The number of methoxy groups -OCH3 is 1. The summed E-state index contributed by atoms with van der Waals surface area (Å²) in [6.45, 7) is 7.65. The molecule has 0 aromatic heterocycles. The van der Waals surface area contributed by atoms with Crippen molar-refractivity contribution in [2.75, 3.05) is 18.2 Å². The number of rotatable bonds is 4. The summed E-state index contributed by atoms with van der Waals surface area (Å²) in [4.78, 5) is 12.2. The summed E-state index contributed by atoms with van der Waals surface area (Å²) in [6, 6.07) is 3.75. The second-order valence-corrected chi connectivity index (χ2v) is 4.77. The number of nitrogen functional groups attached to an aromatic ring is 1. The molecule has 4 heteroatoms. The number of nitrogens with one attached hydrogen (secondary N) is 1. The molecule has 0 heterocycles. The number of carbonyl (C=O) groups excluding carboxylic acids is 1. The second kappa shape index (κ2) is 5.40. The van der Waals surface area contributed by atoms with Gasteiger partial charge in [-0.3, -0.25) is 4.79 Å². The molecule has 1 atom stereocenters. The van der Waals surface area contributed by atoms with E-state index in [4.69, 9.17) is 10.5 Å². The van der Waals surface area contributed by atoms with Crippen LogP contribution in [0.5, 0.6) is 0 Å². The van der Waals surface area contributed by atoms with Crippen LogP contribution in [-0.4, -0.2) is 18.6 Å². The van der Waals surface area contributed by atoms with Crippen LogP contribution in [-0.2, 0) is 9.53 Å². The molecule has 0 aliphatic heterocycles. The minimum absolute atomic E-state index is 0.178. The molecule has 0 aliphatic rings. The van der Waals surface area contributed by atoms with Gasteiger partial charge in [0.15, 0.2) is 0 Å². The molecule has 18 heavy (non-hydrogen) atoms. The lowest BCUT2D eigenvalue weighted by Gasteiger charge is -2.25. The zero-order chi connectivity index (χ0) is 13.9. The Kier molecular flexibility index (Phi) is 4.35. The molecule has 0 bridgehead atoms. The van der Waals surface area contributed by atoms with Crippen LogP contribution in [0.25, 0.3) is 0 Å². The van der Waals surface area contributed by atoms with Gasteiger partial charge in [0.25, 0.3) is 5.91 Å². The number of nitrogens with two attached hydrogens (primary N) is 1. The number of amides is 1. The maximum absolute atomic E-state index is 12.2. The predicted molar refractivity (Wildman–Crippen MR) is 74.7 cm³/mol. The van der Waals surface area contributed by atoms with Crippen LogP contribution in [0.2, 0.25) is 0 Å². The first kappa shape index (κ1) is 14.5. The predicted octanol–water partition coefficient (Wildman–Crippen LogP) is 2.64. The van der Waals surface area contributed by atoms with Crippen molar-refractivity contribution in [2.45, 2.75) is 39.7 Å². The molecule has 1 aromatic rings. The van der Waals surface area contributed by atoms with E-state index in [0.29, 0.717) is 17.8 Å². The fraction of sp³-hybridized carbons (Fsp3) is 0.500. The van der Waals surface area contributed by atoms with Gasteiger partial charge >= 0.3 is 0 Å². The van der Waals surface area contributed by atoms with Crippen molar-refractivity contribution >= 4 is 17.3 Å². The van der Waals surface area contributed by atoms with Crippen molar-refractivity contribution < 1.29 is 9.53 Å². The Morgan fingerprint density at radius 2 is 1.94 bits per heavy atom. The van der Waals surface area contributed by atoms with Gasteiger partial charge in [0.1, 0.15) is 5.60 Å². The average molecular weight is 250 g/mol. The molecule has 1 amide bonds. The molecule has 0 saturated heterocycles. The highest BCUT2D eigenvalue weighted by molar-refractivity contribution is 5.99. The first-order chi connectivity index (χ1) is 8.34. The molecular weight excluding hydrogens is 228 g/mol. The number of carbonyl (C=O) groups is 1. The highest BCUT2D eigenvalue weighted by Gasteiger charge is 2.31. The van der Waals surface area contributed by atoms with E-state index >= 15 is 0 Å². The third kappa shape index (κ3) is 2.82. The largest absolute Gasteiger partial charge is 0.397 e. The third-order valence-electron chi connectivity index (χ3n) is 3.52. The Labute approximate surface area is 109 Å². The summed E-state index contributed by atoms with van der Waals surface area (Å²) in [5.41, 5.74) is 8.49. The molecule has 0 aliphatic carbocycles. The number of anilines is 2. The van der Waals surface area contributed by atoms with E-state index in [1.165, 1.54) is 7.11 Å². The summed E-state index contributed by atoms with van der Waals surface area (Å²) < 4.78 is 5.26. The third-order valence-corrected chi connectivity index (χ3v) is 3.52. The van der Waals surface area contributed by atoms with Gasteiger partial charge in [0, 0.05) is 7.11 Å². The van der Waals surface area contributed by atoms with Crippen molar-refractivity contribution in [1.29, 1.82) is 0 Å². The van der Waals surface area contributed by atoms with Gasteiger partial charge in [-0.25, -0.2) is 0 Å². The number of aryl methyl sites for hydroxylation is 2. The van der Waals surface area contributed by atoms with Gasteiger partial charge in [-0.05, 0) is 50.5 Å². The van der Waals surface area contributed by atoms with E-state index in [-0.39, 0.29) is 5.91 Å². The molecule has 1 unspecified atom stereocenters. The fourth-order valence-corrected chi connectivity index (χ4v) is 1.60.